The second-order valence-corrected chi connectivity index (χ2v) is 11.0. The number of rotatable bonds is 8. The number of nitrogens with one attached hydrogen (secondary N) is 1. The molecule has 0 aromatic carbocycles. The van der Waals surface area contributed by atoms with E-state index in [2.05, 4.69) is 51.9 Å². The minimum Gasteiger partial charge on any atom is -0.468 e. The summed E-state index contributed by atoms with van der Waals surface area (Å²) in [4.78, 5) is 43.8. The van der Waals surface area contributed by atoms with Gasteiger partial charge in [-0.25, -0.2) is 15.0 Å². The minimum atomic E-state index is -0.491. The number of esters is 1. The van der Waals surface area contributed by atoms with Gasteiger partial charge in [0.15, 0.2) is 22.5 Å². The number of pyridine rings is 1. The third kappa shape index (κ3) is 6.68. The fourth-order valence-corrected chi connectivity index (χ4v) is 5.90. The zero-order valence-electron chi connectivity index (χ0n) is 23.8. The van der Waals surface area contributed by atoms with E-state index in [-0.39, 0.29) is 58.0 Å². The number of likely N-dealkylation sites (tertiary alicyclic amines) is 1. The molecule has 0 radical (unpaired) electrons. The summed E-state index contributed by atoms with van der Waals surface area (Å²) >= 11 is 12.5. The number of nitrogens with two attached hydrogens (primary N) is 2. The van der Waals surface area contributed by atoms with E-state index >= 15 is 0 Å². The van der Waals surface area contributed by atoms with Gasteiger partial charge >= 0.3 is 12.0 Å². The molecule has 2 aliphatic heterocycles. The van der Waals surface area contributed by atoms with Crippen molar-refractivity contribution in [2.75, 3.05) is 68.1 Å². The second kappa shape index (κ2) is 13.1. The lowest BCUT2D eigenvalue weighted by Gasteiger charge is -2.47. The summed E-state index contributed by atoms with van der Waals surface area (Å²) in [6.07, 6.45) is 2.63. The maximum absolute atomic E-state index is 13.0. The van der Waals surface area contributed by atoms with Gasteiger partial charge in [-0.1, -0.05) is 35.2 Å². The number of aromatic nitrogens is 5. The molecule has 5 rings (SSSR count). The van der Waals surface area contributed by atoms with Crippen molar-refractivity contribution in [3.05, 3.63) is 28.0 Å². The third-order valence-corrected chi connectivity index (χ3v) is 8.21. The van der Waals surface area contributed by atoms with Crippen molar-refractivity contribution in [1.82, 2.24) is 34.9 Å². The Kier molecular flexibility index (Phi) is 9.32. The number of piperidine rings is 1. The van der Waals surface area contributed by atoms with E-state index in [9.17, 15) is 9.59 Å². The van der Waals surface area contributed by atoms with Gasteiger partial charge in [-0.2, -0.15) is 0 Å². The van der Waals surface area contributed by atoms with Crippen LogP contribution < -0.4 is 21.7 Å². The second-order valence-electron chi connectivity index (χ2n) is 10.2. The molecule has 2 saturated heterocycles. The van der Waals surface area contributed by atoms with Crippen LogP contribution in [-0.4, -0.2) is 105 Å². The van der Waals surface area contributed by atoms with Gasteiger partial charge in [0.2, 0.25) is 0 Å². The van der Waals surface area contributed by atoms with Crippen LogP contribution in [0.4, 0.5) is 23.5 Å². The summed E-state index contributed by atoms with van der Waals surface area (Å²) in [6, 6.07) is 3.80. The SMILES string of the molecule is CC[C@H]1CN(c2nc(N)c(-c3nnc(NCC(=O)OC)o3)nc2Cl)CCN1C1CCN(C(=O)c2ccc(Cl)nc2N)CC1. The first-order valence-electron chi connectivity index (χ1n) is 13.9. The third-order valence-electron chi connectivity index (χ3n) is 7.74. The quantitative estimate of drug-likeness (QED) is 0.241. The van der Waals surface area contributed by atoms with Gasteiger partial charge in [0.1, 0.15) is 17.5 Å². The molecule has 0 unspecified atom stereocenters. The van der Waals surface area contributed by atoms with E-state index in [1.54, 1.807) is 12.1 Å². The van der Waals surface area contributed by atoms with Gasteiger partial charge < -0.3 is 35.7 Å². The summed E-state index contributed by atoms with van der Waals surface area (Å²) in [5, 5.41) is 10.9. The molecule has 230 valence electrons. The van der Waals surface area contributed by atoms with Crippen molar-refractivity contribution in [1.29, 1.82) is 0 Å². The molecule has 0 spiro atoms. The van der Waals surface area contributed by atoms with Gasteiger partial charge in [0.05, 0.1) is 12.7 Å². The smallest absolute Gasteiger partial charge is 0.325 e. The Bertz CT molecular complexity index is 1480. The Hall–Kier alpha value is -3.95. The molecule has 1 atom stereocenters. The number of nitrogen functional groups attached to an aromatic ring is 2. The van der Waals surface area contributed by atoms with Crippen LogP contribution in [0.3, 0.4) is 0 Å². The molecule has 5 N–H and O–H groups in total. The van der Waals surface area contributed by atoms with Crippen LogP contribution in [-0.2, 0) is 9.53 Å². The van der Waals surface area contributed by atoms with Crippen molar-refractivity contribution in [2.24, 2.45) is 0 Å². The lowest BCUT2D eigenvalue weighted by atomic mass is 9.97. The van der Waals surface area contributed by atoms with E-state index in [4.69, 9.17) is 39.1 Å². The Labute approximate surface area is 257 Å². The van der Waals surface area contributed by atoms with Crippen LogP contribution in [0.2, 0.25) is 10.3 Å². The highest BCUT2D eigenvalue weighted by molar-refractivity contribution is 6.32. The number of ether oxygens (including phenoxy) is 1. The molecule has 17 heteroatoms. The lowest BCUT2D eigenvalue weighted by Crippen LogP contribution is -2.58. The Morgan fingerprint density at radius 1 is 1.07 bits per heavy atom. The van der Waals surface area contributed by atoms with Crippen LogP contribution >= 0.6 is 23.2 Å². The zero-order valence-corrected chi connectivity index (χ0v) is 25.3. The highest BCUT2D eigenvalue weighted by Crippen LogP contribution is 2.33. The predicted octanol–water partition coefficient (Wildman–Crippen LogP) is 2.18. The minimum absolute atomic E-state index is 0.00465. The molecular formula is C26H33Cl2N11O4. The molecular weight excluding hydrogens is 601 g/mol. The first-order valence-corrected chi connectivity index (χ1v) is 14.6. The Morgan fingerprint density at radius 3 is 2.53 bits per heavy atom. The normalized spacial score (nSPS) is 18.1. The van der Waals surface area contributed by atoms with Crippen LogP contribution in [0.15, 0.2) is 16.5 Å². The van der Waals surface area contributed by atoms with Gasteiger partial charge in [0, 0.05) is 44.8 Å². The molecule has 3 aromatic heterocycles. The average Bonchev–Trinajstić information content (AvgIpc) is 3.49. The van der Waals surface area contributed by atoms with Crippen LogP contribution in [0.5, 0.6) is 0 Å². The zero-order chi connectivity index (χ0) is 30.7. The van der Waals surface area contributed by atoms with Gasteiger partial charge in [-0.3, -0.25) is 14.5 Å². The fourth-order valence-electron chi connectivity index (χ4n) is 5.50. The van der Waals surface area contributed by atoms with E-state index in [1.807, 2.05) is 4.90 Å². The summed E-state index contributed by atoms with van der Waals surface area (Å²) < 4.78 is 10.1. The van der Waals surface area contributed by atoms with E-state index < -0.39 is 5.97 Å². The molecule has 5 heterocycles. The molecule has 0 bridgehead atoms. The Balaban J connectivity index is 1.21. The standard InChI is InChI=1S/C26H33Cl2N11O4/c1-3-14-13-38(23-20(28)33-19(22(30)34-23)24-35-36-26(43-24)31-12-18(40)42-2)10-11-39(14)15-6-8-37(9-7-15)25(41)16-4-5-17(27)32-21(16)29/h4-5,14-15H,3,6-13H2,1-2H3,(H2,29,32)(H2,30,34)(H,31,36)/t14-/m0/s1. The van der Waals surface area contributed by atoms with E-state index in [0.29, 0.717) is 43.6 Å². The number of halogens is 2. The first kappa shape index (κ1) is 30.5. The summed E-state index contributed by atoms with van der Waals surface area (Å²) in [5.74, 6) is 0.120. The number of nitrogens with zero attached hydrogens (tertiary/aromatic N) is 8. The van der Waals surface area contributed by atoms with Crippen molar-refractivity contribution in [3.8, 4) is 11.6 Å². The fraction of sp³-hybridized carbons (Fsp3) is 0.500. The summed E-state index contributed by atoms with van der Waals surface area (Å²) in [6.45, 7) is 5.44. The van der Waals surface area contributed by atoms with E-state index in [1.165, 1.54) is 7.11 Å². The number of hydrogen-bond donors (Lipinski definition) is 3. The van der Waals surface area contributed by atoms with E-state index in [0.717, 1.165) is 25.8 Å². The maximum Gasteiger partial charge on any atom is 0.325 e. The van der Waals surface area contributed by atoms with Gasteiger partial charge in [-0.05, 0) is 31.4 Å². The van der Waals surface area contributed by atoms with Crippen molar-refractivity contribution < 1.29 is 18.7 Å². The van der Waals surface area contributed by atoms with Crippen LogP contribution in [0, 0.1) is 0 Å². The molecule has 0 saturated carbocycles. The number of carbonyl (C=O) groups excluding carboxylic acids is 2. The average molecular weight is 635 g/mol. The number of piperazine rings is 1. The molecule has 3 aromatic rings. The number of hydrogen-bond acceptors (Lipinski definition) is 14. The molecule has 2 aliphatic rings. The monoisotopic (exact) mass is 633 g/mol. The largest absolute Gasteiger partial charge is 0.468 e. The molecule has 15 nitrogen and oxygen atoms in total. The van der Waals surface area contributed by atoms with Crippen LogP contribution in [0.1, 0.15) is 36.5 Å². The number of carbonyl (C=O) groups is 2. The van der Waals surface area contributed by atoms with Crippen molar-refractivity contribution in [2.45, 2.75) is 38.3 Å². The summed E-state index contributed by atoms with van der Waals surface area (Å²) in [7, 11) is 1.28. The molecule has 0 aliphatic carbocycles. The number of methoxy groups -OCH3 is 1. The van der Waals surface area contributed by atoms with Gasteiger partial charge in [-0.15, -0.1) is 5.10 Å². The first-order chi connectivity index (χ1) is 20.7. The highest BCUT2D eigenvalue weighted by Gasteiger charge is 2.35. The summed E-state index contributed by atoms with van der Waals surface area (Å²) in [5.41, 5.74) is 12.7. The molecule has 2 fully saturated rings. The van der Waals surface area contributed by atoms with Crippen molar-refractivity contribution >= 4 is 58.5 Å². The lowest BCUT2D eigenvalue weighted by molar-refractivity contribution is -0.138. The topological polar surface area (TPSA) is 195 Å². The molecule has 1 amide bonds. The Morgan fingerprint density at radius 2 is 1.84 bits per heavy atom. The van der Waals surface area contributed by atoms with Crippen molar-refractivity contribution in [3.63, 3.8) is 0 Å². The molecule has 43 heavy (non-hydrogen) atoms. The predicted molar refractivity (Wildman–Crippen MR) is 161 cm³/mol. The maximum atomic E-state index is 13.0. The number of anilines is 4. The van der Waals surface area contributed by atoms with Gasteiger partial charge in [0.25, 0.3) is 11.8 Å². The number of amides is 1. The highest BCUT2D eigenvalue weighted by atomic mass is 35.5. The van der Waals surface area contributed by atoms with Crippen LogP contribution in [0.25, 0.3) is 11.6 Å².